The van der Waals surface area contributed by atoms with E-state index in [0.717, 1.165) is 18.3 Å². The molecular weight excluding hydrogens is 219 g/mol. The fourth-order valence-electron chi connectivity index (χ4n) is 1.83. The normalized spacial score (nSPS) is 12.4. The van der Waals surface area contributed by atoms with Gasteiger partial charge in [0.2, 0.25) is 0 Å². The highest BCUT2D eigenvalue weighted by molar-refractivity contribution is 5.71. The second-order valence-corrected chi connectivity index (χ2v) is 4.02. The SMILES string of the molecule is CC(Cc1ccc(F)cc1)n1cncc1C=O. The van der Waals surface area contributed by atoms with Crippen molar-refractivity contribution in [3.05, 3.63) is 53.9 Å². The summed E-state index contributed by atoms with van der Waals surface area (Å²) in [7, 11) is 0. The van der Waals surface area contributed by atoms with Gasteiger partial charge in [-0.2, -0.15) is 0 Å². The standard InChI is InChI=1S/C13H13FN2O/c1-10(16-9-15-7-13(16)8-17)6-11-2-4-12(14)5-3-11/h2-5,7-10H,6H2,1H3. The third kappa shape index (κ3) is 2.58. The minimum Gasteiger partial charge on any atom is -0.325 e. The van der Waals surface area contributed by atoms with Crippen molar-refractivity contribution in [3.63, 3.8) is 0 Å². The van der Waals surface area contributed by atoms with Crippen molar-refractivity contribution in [2.75, 3.05) is 0 Å². The molecule has 0 saturated heterocycles. The van der Waals surface area contributed by atoms with Gasteiger partial charge in [0.05, 0.1) is 12.5 Å². The zero-order valence-electron chi connectivity index (χ0n) is 9.51. The van der Waals surface area contributed by atoms with Crippen molar-refractivity contribution >= 4 is 6.29 Å². The van der Waals surface area contributed by atoms with Crippen LogP contribution in [0, 0.1) is 5.82 Å². The van der Waals surface area contributed by atoms with Crippen LogP contribution in [0.2, 0.25) is 0 Å². The first-order chi connectivity index (χ1) is 8.20. The molecule has 3 nitrogen and oxygen atoms in total. The van der Waals surface area contributed by atoms with Crippen molar-refractivity contribution in [1.82, 2.24) is 9.55 Å². The Bertz CT molecular complexity index is 504. The van der Waals surface area contributed by atoms with E-state index in [1.54, 1.807) is 18.5 Å². The van der Waals surface area contributed by atoms with Gasteiger partial charge >= 0.3 is 0 Å². The molecule has 0 spiro atoms. The smallest absolute Gasteiger partial charge is 0.168 e. The number of hydrogen-bond acceptors (Lipinski definition) is 2. The maximum absolute atomic E-state index is 12.8. The molecule has 1 unspecified atom stereocenters. The molecule has 0 aliphatic heterocycles. The summed E-state index contributed by atoms with van der Waals surface area (Å²) in [6.45, 7) is 2.00. The lowest BCUT2D eigenvalue weighted by molar-refractivity contribution is 0.111. The zero-order valence-corrected chi connectivity index (χ0v) is 9.51. The van der Waals surface area contributed by atoms with Crippen molar-refractivity contribution in [3.8, 4) is 0 Å². The molecule has 0 bridgehead atoms. The van der Waals surface area contributed by atoms with Crippen LogP contribution >= 0.6 is 0 Å². The molecule has 1 heterocycles. The molecule has 1 atom stereocenters. The second kappa shape index (κ2) is 4.91. The summed E-state index contributed by atoms with van der Waals surface area (Å²) in [5.41, 5.74) is 1.59. The predicted molar refractivity (Wildman–Crippen MR) is 62.4 cm³/mol. The van der Waals surface area contributed by atoms with Gasteiger partial charge in [-0.1, -0.05) is 12.1 Å². The molecule has 1 aromatic carbocycles. The Kier molecular flexibility index (Phi) is 3.32. The first kappa shape index (κ1) is 11.5. The van der Waals surface area contributed by atoms with Gasteiger partial charge in [0, 0.05) is 6.04 Å². The van der Waals surface area contributed by atoms with E-state index in [1.165, 1.54) is 18.3 Å². The number of carbonyl (C=O) groups is 1. The summed E-state index contributed by atoms with van der Waals surface area (Å²) >= 11 is 0. The predicted octanol–water partition coefficient (Wildman–Crippen LogP) is 2.64. The monoisotopic (exact) mass is 232 g/mol. The fourth-order valence-corrected chi connectivity index (χ4v) is 1.83. The highest BCUT2D eigenvalue weighted by atomic mass is 19.1. The number of nitrogens with zero attached hydrogens (tertiary/aromatic N) is 2. The molecule has 2 rings (SSSR count). The van der Waals surface area contributed by atoms with Crippen LogP contribution in [0.5, 0.6) is 0 Å². The Hall–Kier alpha value is -1.97. The molecule has 0 fully saturated rings. The van der Waals surface area contributed by atoms with E-state index in [2.05, 4.69) is 4.98 Å². The van der Waals surface area contributed by atoms with Crippen molar-refractivity contribution in [2.45, 2.75) is 19.4 Å². The molecule has 2 aromatic rings. The van der Waals surface area contributed by atoms with E-state index in [1.807, 2.05) is 11.5 Å². The molecule has 1 aromatic heterocycles. The number of rotatable bonds is 4. The number of halogens is 1. The molecule has 0 saturated carbocycles. The molecule has 4 heteroatoms. The highest BCUT2D eigenvalue weighted by Crippen LogP contribution is 2.15. The maximum atomic E-state index is 12.8. The largest absolute Gasteiger partial charge is 0.325 e. The lowest BCUT2D eigenvalue weighted by Gasteiger charge is -2.14. The van der Waals surface area contributed by atoms with Gasteiger partial charge in [-0.3, -0.25) is 4.79 Å². The number of hydrogen-bond donors (Lipinski definition) is 0. The van der Waals surface area contributed by atoms with E-state index < -0.39 is 0 Å². The Morgan fingerprint density at radius 3 is 2.76 bits per heavy atom. The van der Waals surface area contributed by atoms with Crippen molar-refractivity contribution < 1.29 is 9.18 Å². The molecule has 0 N–H and O–H groups in total. The molecule has 0 aliphatic carbocycles. The molecule has 0 radical (unpaired) electrons. The summed E-state index contributed by atoms with van der Waals surface area (Å²) in [5.74, 6) is -0.238. The lowest BCUT2D eigenvalue weighted by atomic mass is 10.1. The molecule has 0 amide bonds. The van der Waals surface area contributed by atoms with E-state index >= 15 is 0 Å². The van der Waals surface area contributed by atoms with Crippen LogP contribution in [0.1, 0.15) is 29.0 Å². The number of aldehydes is 1. The first-order valence-electron chi connectivity index (χ1n) is 5.42. The van der Waals surface area contributed by atoms with Gasteiger partial charge in [0.1, 0.15) is 11.5 Å². The number of benzene rings is 1. The first-order valence-corrected chi connectivity index (χ1v) is 5.42. The van der Waals surface area contributed by atoms with Gasteiger partial charge in [-0.25, -0.2) is 9.37 Å². The Balaban J connectivity index is 2.14. The summed E-state index contributed by atoms with van der Waals surface area (Å²) in [6.07, 6.45) is 4.69. The molecule has 88 valence electrons. The van der Waals surface area contributed by atoms with Crippen molar-refractivity contribution in [2.24, 2.45) is 0 Å². The van der Waals surface area contributed by atoms with Crippen LogP contribution in [0.25, 0.3) is 0 Å². The lowest BCUT2D eigenvalue weighted by Crippen LogP contribution is -2.10. The van der Waals surface area contributed by atoms with Crippen molar-refractivity contribution in [1.29, 1.82) is 0 Å². The van der Waals surface area contributed by atoms with Crippen LogP contribution in [0.15, 0.2) is 36.8 Å². The number of carbonyl (C=O) groups excluding carboxylic acids is 1. The van der Waals surface area contributed by atoms with E-state index in [0.29, 0.717) is 5.69 Å². The Morgan fingerprint density at radius 2 is 2.12 bits per heavy atom. The van der Waals surface area contributed by atoms with Crippen LogP contribution in [-0.4, -0.2) is 15.8 Å². The Labute approximate surface area is 98.9 Å². The van der Waals surface area contributed by atoms with Gasteiger partial charge < -0.3 is 4.57 Å². The molecular formula is C13H13FN2O. The highest BCUT2D eigenvalue weighted by Gasteiger charge is 2.09. The fraction of sp³-hybridized carbons (Fsp3) is 0.231. The quantitative estimate of drug-likeness (QED) is 0.759. The maximum Gasteiger partial charge on any atom is 0.168 e. The topological polar surface area (TPSA) is 34.9 Å². The third-order valence-corrected chi connectivity index (χ3v) is 2.74. The van der Waals surface area contributed by atoms with Gasteiger partial charge in [-0.15, -0.1) is 0 Å². The van der Waals surface area contributed by atoms with Crippen LogP contribution in [0.3, 0.4) is 0 Å². The zero-order chi connectivity index (χ0) is 12.3. The minimum absolute atomic E-state index is 0.114. The van der Waals surface area contributed by atoms with E-state index in [9.17, 15) is 9.18 Å². The van der Waals surface area contributed by atoms with E-state index in [4.69, 9.17) is 0 Å². The number of imidazole rings is 1. The van der Waals surface area contributed by atoms with Crippen LogP contribution in [-0.2, 0) is 6.42 Å². The van der Waals surface area contributed by atoms with Crippen LogP contribution in [0.4, 0.5) is 4.39 Å². The van der Waals surface area contributed by atoms with Gasteiger partial charge in [-0.05, 0) is 31.0 Å². The average molecular weight is 232 g/mol. The summed E-state index contributed by atoms with van der Waals surface area (Å²) in [4.78, 5) is 14.7. The number of aromatic nitrogens is 2. The summed E-state index contributed by atoms with van der Waals surface area (Å²) in [5, 5.41) is 0. The third-order valence-electron chi connectivity index (χ3n) is 2.74. The van der Waals surface area contributed by atoms with E-state index in [-0.39, 0.29) is 11.9 Å². The molecule has 0 aliphatic rings. The summed E-state index contributed by atoms with van der Waals surface area (Å²) in [6, 6.07) is 6.50. The summed E-state index contributed by atoms with van der Waals surface area (Å²) < 4.78 is 14.6. The average Bonchev–Trinajstić information content (AvgIpc) is 2.80. The second-order valence-electron chi connectivity index (χ2n) is 4.02. The Morgan fingerprint density at radius 1 is 1.41 bits per heavy atom. The van der Waals surface area contributed by atoms with Crippen LogP contribution < -0.4 is 0 Å². The molecule has 17 heavy (non-hydrogen) atoms. The minimum atomic E-state index is -0.238. The van der Waals surface area contributed by atoms with Gasteiger partial charge in [0.25, 0.3) is 0 Å². The van der Waals surface area contributed by atoms with Gasteiger partial charge in [0.15, 0.2) is 6.29 Å².